The second-order valence-electron chi connectivity index (χ2n) is 7.65. The Morgan fingerprint density at radius 1 is 1.44 bits per heavy atom. The van der Waals surface area contributed by atoms with Crippen LogP contribution in [0.2, 0.25) is 0 Å². The van der Waals surface area contributed by atoms with Gasteiger partial charge >= 0.3 is 0 Å². The molecule has 2 aliphatic heterocycles. The van der Waals surface area contributed by atoms with Crippen LogP contribution >= 0.6 is 0 Å². The maximum atomic E-state index is 13.0. The van der Waals surface area contributed by atoms with E-state index in [0.29, 0.717) is 26.1 Å². The largest absolute Gasteiger partial charge is 0.394 e. The minimum absolute atomic E-state index is 0.0490. The number of amides is 2. The summed E-state index contributed by atoms with van der Waals surface area (Å²) in [6, 6.07) is 2.03. The second kappa shape index (κ2) is 6.78. The number of aromatic nitrogens is 2. The molecule has 3 atom stereocenters. The number of hydrogen-bond donors (Lipinski definition) is 1. The number of likely N-dealkylation sites (tertiary alicyclic amines) is 2. The number of nitrogens with zero attached hydrogens (tertiary/aromatic N) is 4. The molecule has 2 aliphatic rings. The lowest BCUT2D eigenvalue weighted by molar-refractivity contribution is -0.140. The molecule has 3 heterocycles. The molecule has 2 saturated heterocycles. The molecule has 7 heteroatoms. The summed E-state index contributed by atoms with van der Waals surface area (Å²) < 4.78 is 1.83. The van der Waals surface area contributed by atoms with Crippen molar-refractivity contribution in [3.63, 3.8) is 0 Å². The van der Waals surface area contributed by atoms with Crippen LogP contribution in [-0.4, -0.2) is 67.8 Å². The summed E-state index contributed by atoms with van der Waals surface area (Å²) in [4.78, 5) is 28.4. The smallest absolute Gasteiger partial charge is 0.225 e. The molecule has 25 heavy (non-hydrogen) atoms. The molecule has 0 spiro atoms. The van der Waals surface area contributed by atoms with Gasteiger partial charge in [-0.25, -0.2) is 0 Å². The van der Waals surface area contributed by atoms with Crippen molar-refractivity contribution < 1.29 is 14.7 Å². The Labute approximate surface area is 148 Å². The van der Waals surface area contributed by atoms with E-state index in [9.17, 15) is 14.7 Å². The van der Waals surface area contributed by atoms with Crippen LogP contribution in [0.4, 0.5) is 0 Å². The molecule has 2 amide bonds. The zero-order valence-electron chi connectivity index (χ0n) is 15.3. The first-order valence-corrected chi connectivity index (χ1v) is 9.02. The first kappa shape index (κ1) is 17.9. The van der Waals surface area contributed by atoms with Crippen molar-refractivity contribution in [1.29, 1.82) is 0 Å². The lowest BCUT2D eigenvalue weighted by atomic mass is 9.89. The van der Waals surface area contributed by atoms with Gasteiger partial charge < -0.3 is 14.9 Å². The molecule has 0 saturated carbocycles. The van der Waals surface area contributed by atoms with Gasteiger partial charge in [0.05, 0.1) is 12.1 Å². The molecule has 2 fully saturated rings. The first-order chi connectivity index (χ1) is 11.9. The van der Waals surface area contributed by atoms with Gasteiger partial charge in [0, 0.05) is 50.9 Å². The number of piperidine rings is 1. The molecule has 0 aliphatic carbocycles. The Kier molecular flexibility index (Phi) is 4.86. The summed E-state index contributed by atoms with van der Waals surface area (Å²) in [6.07, 6.45) is 3.63. The Bertz CT molecular complexity index is 659. The highest BCUT2D eigenvalue weighted by atomic mass is 16.3. The minimum atomic E-state index is -0.543. The third kappa shape index (κ3) is 3.29. The van der Waals surface area contributed by atoms with E-state index >= 15 is 0 Å². The lowest BCUT2D eigenvalue weighted by Crippen LogP contribution is -2.54. The van der Waals surface area contributed by atoms with Crippen molar-refractivity contribution in [3.8, 4) is 0 Å². The summed E-state index contributed by atoms with van der Waals surface area (Å²) in [5.74, 6) is 0.392. The molecule has 1 N–H and O–H groups in total. The zero-order chi connectivity index (χ0) is 18.2. The number of rotatable bonds is 4. The third-order valence-corrected chi connectivity index (χ3v) is 5.83. The van der Waals surface area contributed by atoms with Crippen molar-refractivity contribution in [3.05, 3.63) is 18.0 Å². The Morgan fingerprint density at radius 3 is 2.80 bits per heavy atom. The number of carbonyl (C=O) groups is 2. The number of fused-ring (bicyclic) bond motifs is 1. The molecule has 0 bridgehead atoms. The summed E-state index contributed by atoms with van der Waals surface area (Å²) in [5, 5.41) is 14.2. The van der Waals surface area contributed by atoms with Crippen LogP contribution in [0.15, 0.2) is 12.3 Å². The predicted octanol–water partition coefficient (Wildman–Crippen LogP) is 0.802. The highest BCUT2D eigenvalue weighted by Crippen LogP contribution is 2.42. The van der Waals surface area contributed by atoms with Gasteiger partial charge in [-0.05, 0) is 38.7 Å². The van der Waals surface area contributed by atoms with E-state index in [1.807, 2.05) is 34.4 Å². The van der Waals surface area contributed by atoms with Gasteiger partial charge in [0.15, 0.2) is 0 Å². The Morgan fingerprint density at radius 2 is 2.20 bits per heavy atom. The van der Waals surface area contributed by atoms with Crippen molar-refractivity contribution in [2.75, 3.05) is 19.7 Å². The number of hydrogen-bond acceptors (Lipinski definition) is 4. The highest BCUT2D eigenvalue weighted by Gasteiger charge is 2.52. The van der Waals surface area contributed by atoms with Gasteiger partial charge in [-0.15, -0.1) is 0 Å². The van der Waals surface area contributed by atoms with E-state index < -0.39 is 5.54 Å². The molecule has 1 aromatic rings. The molecule has 138 valence electrons. The maximum absolute atomic E-state index is 13.0. The monoisotopic (exact) mass is 348 g/mol. The van der Waals surface area contributed by atoms with Gasteiger partial charge in [-0.1, -0.05) is 0 Å². The fourth-order valence-electron chi connectivity index (χ4n) is 4.49. The van der Waals surface area contributed by atoms with Gasteiger partial charge in [0.1, 0.15) is 0 Å². The standard InChI is InChI=1S/C18H28N4O3/c1-13-4-7-19-21(13)9-6-17(25)22-16-5-8-20(14(2)24)11-15(16)10-18(22,3)12-23/h4,7,15-16,23H,5-6,8-12H2,1-3H3/t15-,16-,18+/m0/s1. The topological polar surface area (TPSA) is 78.7 Å². The van der Waals surface area contributed by atoms with E-state index in [2.05, 4.69) is 5.10 Å². The SMILES string of the molecule is CC(=O)N1CC[C@H]2[C@H](C1)C[C@](C)(CO)N2C(=O)CCn1nccc1C. The van der Waals surface area contributed by atoms with Crippen molar-refractivity contribution in [2.45, 2.75) is 58.2 Å². The van der Waals surface area contributed by atoms with Gasteiger partial charge in [0.2, 0.25) is 11.8 Å². The number of aliphatic hydroxyl groups is 1. The van der Waals surface area contributed by atoms with Crippen LogP contribution in [0.3, 0.4) is 0 Å². The van der Waals surface area contributed by atoms with E-state index in [1.165, 1.54) is 0 Å². The van der Waals surface area contributed by atoms with Crippen LogP contribution < -0.4 is 0 Å². The number of aryl methyl sites for hydroxylation is 2. The maximum Gasteiger partial charge on any atom is 0.225 e. The van der Waals surface area contributed by atoms with Crippen LogP contribution in [0.1, 0.15) is 38.8 Å². The van der Waals surface area contributed by atoms with Crippen molar-refractivity contribution in [2.24, 2.45) is 5.92 Å². The van der Waals surface area contributed by atoms with Crippen LogP contribution in [0, 0.1) is 12.8 Å². The van der Waals surface area contributed by atoms with Crippen molar-refractivity contribution in [1.82, 2.24) is 19.6 Å². The van der Waals surface area contributed by atoms with E-state index in [0.717, 1.165) is 18.5 Å². The molecule has 0 aromatic carbocycles. The summed E-state index contributed by atoms with van der Waals surface area (Å²) in [5.41, 5.74) is 0.491. The number of aliphatic hydroxyl groups excluding tert-OH is 1. The van der Waals surface area contributed by atoms with Gasteiger partial charge in [0.25, 0.3) is 0 Å². The molecule has 0 radical (unpaired) electrons. The van der Waals surface area contributed by atoms with Gasteiger partial charge in [-0.3, -0.25) is 14.3 Å². The molecule has 1 aromatic heterocycles. The fraction of sp³-hybridized carbons (Fsp3) is 0.722. The third-order valence-electron chi connectivity index (χ3n) is 5.83. The fourth-order valence-corrected chi connectivity index (χ4v) is 4.49. The number of carbonyl (C=O) groups excluding carboxylic acids is 2. The second-order valence-corrected chi connectivity index (χ2v) is 7.65. The van der Waals surface area contributed by atoms with Crippen LogP contribution in [0.25, 0.3) is 0 Å². The molecule has 0 unspecified atom stereocenters. The summed E-state index contributed by atoms with van der Waals surface area (Å²) in [6.45, 7) is 7.38. The van der Waals surface area contributed by atoms with E-state index in [1.54, 1.807) is 13.1 Å². The molecule has 7 nitrogen and oxygen atoms in total. The minimum Gasteiger partial charge on any atom is -0.394 e. The quantitative estimate of drug-likeness (QED) is 0.873. The first-order valence-electron chi connectivity index (χ1n) is 9.02. The average Bonchev–Trinajstić information content (AvgIpc) is 3.12. The highest BCUT2D eigenvalue weighted by molar-refractivity contribution is 5.78. The van der Waals surface area contributed by atoms with E-state index in [4.69, 9.17) is 0 Å². The summed E-state index contributed by atoms with van der Waals surface area (Å²) in [7, 11) is 0. The predicted molar refractivity (Wildman–Crippen MR) is 92.7 cm³/mol. The molecular formula is C18H28N4O3. The Hall–Kier alpha value is -1.89. The van der Waals surface area contributed by atoms with Crippen LogP contribution in [-0.2, 0) is 16.1 Å². The normalized spacial score (nSPS) is 29.0. The summed E-state index contributed by atoms with van der Waals surface area (Å²) >= 11 is 0. The molecule has 3 rings (SSSR count). The Balaban J connectivity index is 1.73. The van der Waals surface area contributed by atoms with E-state index in [-0.39, 0.29) is 30.4 Å². The van der Waals surface area contributed by atoms with Gasteiger partial charge in [-0.2, -0.15) is 5.10 Å². The van der Waals surface area contributed by atoms with Crippen molar-refractivity contribution >= 4 is 11.8 Å². The zero-order valence-corrected chi connectivity index (χ0v) is 15.3. The van der Waals surface area contributed by atoms with Crippen LogP contribution in [0.5, 0.6) is 0 Å². The molecular weight excluding hydrogens is 320 g/mol. The lowest BCUT2D eigenvalue weighted by Gasteiger charge is -2.40. The average molecular weight is 348 g/mol.